The highest BCUT2D eigenvalue weighted by Gasteiger charge is 2.23. The van der Waals surface area contributed by atoms with Gasteiger partial charge in [-0.25, -0.2) is 9.48 Å². The maximum absolute atomic E-state index is 13.0. The average Bonchev–Trinajstić information content (AvgIpc) is 2.85. The van der Waals surface area contributed by atoms with E-state index in [0.717, 1.165) is 11.4 Å². The molecule has 2 aromatic rings. The van der Waals surface area contributed by atoms with Crippen molar-refractivity contribution in [3.05, 3.63) is 76.5 Å². The molecule has 3 rings (SSSR count). The van der Waals surface area contributed by atoms with Crippen molar-refractivity contribution >= 4 is 6.09 Å². The van der Waals surface area contributed by atoms with Gasteiger partial charge in [-0.1, -0.05) is 30.4 Å². The molecule has 2 heterocycles. The number of rotatable bonds is 3. The third-order valence-electron chi connectivity index (χ3n) is 4.32. The van der Waals surface area contributed by atoms with E-state index in [9.17, 15) is 9.59 Å². The van der Waals surface area contributed by atoms with Crippen molar-refractivity contribution < 1.29 is 9.53 Å². The molecule has 130 valence electrons. The monoisotopic (exact) mass is 339 g/mol. The lowest BCUT2D eigenvalue weighted by atomic mass is 9.98. The van der Waals surface area contributed by atoms with E-state index in [-0.39, 0.29) is 11.5 Å². The number of amides is 1. The van der Waals surface area contributed by atoms with Gasteiger partial charge in [0.25, 0.3) is 5.56 Å². The molecule has 6 heteroatoms. The zero-order valence-electron chi connectivity index (χ0n) is 14.5. The number of carbonyl (C=O) groups excluding carboxylic acids is 1. The molecule has 6 nitrogen and oxygen atoms in total. The molecule has 0 spiro atoms. The summed E-state index contributed by atoms with van der Waals surface area (Å²) in [5.41, 5.74) is 2.34. The molecular weight excluding hydrogens is 318 g/mol. The molecule has 0 N–H and O–H groups in total. The van der Waals surface area contributed by atoms with Crippen LogP contribution >= 0.6 is 0 Å². The minimum Gasteiger partial charge on any atom is -0.449 e. The van der Waals surface area contributed by atoms with Crippen LogP contribution in [0.1, 0.15) is 24.1 Å². The van der Waals surface area contributed by atoms with Crippen molar-refractivity contribution in [2.24, 2.45) is 7.05 Å². The van der Waals surface area contributed by atoms with Crippen molar-refractivity contribution in [2.45, 2.75) is 19.8 Å². The fourth-order valence-electron chi connectivity index (χ4n) is 2.97. The van der Waals surface area contributed by atoms with Gasteiger partial charge in [-0.05, 0) is 26.0 Å². The van der Waals surface area contributed by atoms with Gasteiger partial charge in [0.2, 0.25) is 0 Å². The molecule has 1 aromatic heterocycles. The quantitative estimate of drug-likeness (QED) is 0.863. The Morgan fingerprint density at radius 3 is 2.40 bits per heavy atom. The number of ether oxygens (including phenoxy) is 1. The Balaban J connectivity index is 1.96. The second kappa shape index (κ2) is 6.84. The van der Waals surface area contributed by atoms with Gasteiger partial charge in [-0.15, -0.1) is 0 Å². The first-order valence-electron chi connectivity index (χ1n) is 8.20. The summed E-state index contributed by atoms with van der Waals surface area (Å²) in [7, 11) is 1.87. The summed E-state index contributed by atoms with van der Waals surface area (Å²) in [6, 6.07) is 9.53. The smallest absolute Gasteiger partial charge is 0.417 e. The number of benzene rings is 1. The summed E-state index contributed by atoms with van der Waals surface area (Å²) >= 11 is 0. The molecule has 0 radical (unpaired) electrons. The first kappa shape index (κ1) is 16.8. The molecule has 0 aliphatic carbocycles. The Bertz CT molecular complexity index is 877. The molecule has 1 aromatic carbocycles. The Labute approximate surface area is 146 Å². The van der Waals surface area contributed by atoms with Gasteiger partial charge in [0.1, 0.15) is 0 Å². The predicted molar refractivity (Wildman–Crippen MR) is 95.6 cm³/mol. The average molecular weight is 339 g/mol. The summed E-state index contributed by atoms with van der Waals surface area (Å²) in [5.74, 6) is -0.186. The molecule has 0 saturated carbocycles. The highest BCUT2D eigenvalue weighted by atomic mass is 16.5. The lowest BCUT2D eigenvalue weighted by Gasteiger charge is -2.19. The summed E-state index contributed by atoms with van der Waals surface area (Å²) in [4.78, 5) is 26.1. The number of allylic oxidation sites excluding steroid dienone is 2. The number of carbonyl (C=O) groups is 1. The van der Waals surface area contributed by atoms with Crippen LogP contribution < -0.4 is 5.56 Å². The van der Waals surface area contributed by atoms with Crippen LogP contribution in [0.15, 0.2) is 59.7 Å². The summed E-state index contributed by atoms with van der Waals surface area (Å²) < 4.78 is 8.48. The van der Waals surface area contributed by atoms with E-state index in [1.807, 2.05) is 61.1 Å². The van der Waals surface area contributed by atoms with Gasteiger partial charge in [-0.3, -0.25) is 14.4 Å². The third-order valence-corrected chi connectivity index (χ3v) is 4.32. The Kier molecular flexibility index (Phi) is 4.61. The van der Waals surface area contributed by atoms with E-state index >= 15 is 0 Å². The van der Waals surface area contributed by atoms with Crippen LogP contribution in [0, 0.1) is 6.92 Å². The summed E-state index contributed by atoms with van der Waals surface area (Å²) in [5, 5.41) is 0. The number of hydrogen-bond acceptors (Lipinski definition) is 3. The second-order valence-electron chi connectivity index (χ2n) is 5.79. The Hall–Kier alpha value is -3.02. The number of nitrogens with zero attached hydrogens (tertiary/aromatic N) is 3. The zero-order chi connectivity index (χ0) is 18.0. The number of aromatic nitrogens is 2. The van der Waals surface area contributed by atoms with Crippen LogP contribution in [0.3, 0.4) is 0 Å². The Morgan fingerprint density at radius 1 is 1.16 bits per heavy atom. The minimum atomic E-state index is -0.431. The van der Waals surface area contributed by atoms with E-state index < -0.39 is 6.09 Å². The van der Waals surface area contributed by atoms with Crippen LogP contribution in [0.4, 0.5) is 4.79 Å². The molecule has 0 unspecified atom stereocenters. The third kappa shape index (κ3) is 3.03. The highest BCUT2D eigenvalue weighted by Crippen LogP contribution is 2.24. The normalized spacial score (nSPS) is 14.1. The zero-order valence-corrected chi connectivity index (χ0v) is 14.5. The molecular formula is C19H21N3O3. The van der Waals surface area contributed by atoms with Crippen molar-refractivity contribution in [1.82, 2.24) is 14.3 Å². The SMILES string of the molecule is CCOC(=O)N1C=CC(c2c(C)n(C)n(-c3ccccc3)c2=O)C=C1. The van der Waals surface area contributed by atoms with Crippen LogP contribution in [-0.4, -0.2) is 27.0 Å². The summed E-state index contributed by atoms with van der Waals surface area (Å²) in [6.45, 7) is 4.01. The van der Waals surface area contributed by atoms with E-state index in [2.05, 4.69) is 0 Å². The number of para-hydroxylation sites is 1. The predicted octanol–water partition coefficient (Wildman–Crippen LogP) is 3.07. The van der Waals surface area contributed by atoms with Gasteiger partial charge in [0.15, 0.2) is 0 Å². The first-order valence-corrected chi connectivity index (χ1v) is 8.20. The van der Waals surface area contributed by atoms with Crippen molar-refractivity contribution in [3.63, 3.8) is 0 Å². The van der Waals surface area contributed by atoms with Gasteiger partial charge in [0.05, 0.1) is 17.9 Å². The number of hydrogen-bond donors (Lipinski definition) is 0. The van der Waals surface area contributed by atoms with E-state index in [0.29, 0.717) is 12.2 Å². The topological polar surface area (TPSA) is 56.5 Å². The fraction of sp³-hybridized carbons (Fsp3) is 0.263. The van der Waals surface area contributed by atoms with E-state index in [4.69, 9.17) is 4.74 Å². The van der Waals surface area contributed by atoms with Crippen molar-refractivity contribution in [1.29, 1.82) is 0 Å². The summed E-state index contributed by atoms with van der Waals surface area (Å²) in [6.07, 6.45) is 6.51. The lowest BCUT2D eigenvalue weighted by Crippen LogP contribution is -2.25. The van der Waals surface area contributed by atoms with Crippen LogP contribution in [0.5, 0.6) is 0 Å². The van der Waals surface area contributed by atoms with Gasteiger partial charge < -0.3 is 4.74 Å². The lowest BCUT2D eigenvalue weighted by molar-refractivity contribution is 0.133. The van der Waals surface area contributed by atoms with E-state index in [1.54, 1.807) is 24.0 Å². The molecule has 1 aliphatic heterocycles. The van der Waals surface area contributed by atoms with Gasteiger partial charge in [0, 0.05) is 31.1 Å². The molecule has 1 amide bonds. The maximum atomic E-state index is 13.0. The van der Waals surface area contributed by atoms with E-state index in [1.165, 1.54) is 4.90 Å². The van der Waals surface area contributed by atoms with Crippen LogP contribution in [0.2, 0.25) is 0 Å². The molecule has 25 heavy (non-hydrogen) atoms. The minimum absolute atomic E-state index is 0.0601. The first-order chi connectivity index (χ1) is 12.0. The molecule has 1 aliphatic rings. The molecule has 0 fully saturated rings. The fourth-order valence-corrected chi connectivity index (χ4v) is 2.97. The van der Waals surface area contributed by atoms with Crippen LogP contribution in [-0.2, 0) is 11.8 Å². The second-order valence-corrected chi connectivity index (χ2v) is 5.79. The highest BCUT2D eigenvalue weighted by molar-refractivity contribution is 5.70. The Morgan fingerprint density at radius 2 is 1.80 bits per heavy atom. The standard InChI is InChI=1S/C19H21N3O3/c1-4-25-19(24)21-12-10-15(11-13-21)17-14(2)20(3)22(18(17)23)16-8-6-5-7-9-16/h5-13,15H,4H2,1-3H3. The van der Waals surface area contributed by atoms with Crippen LogP contribution in [0.25, 0.3) is 5.69 Å². The van der Waals surface area contributed by atoms with Gasteiger partial charge >= 0.3 is 6.09 Å². The molecule has 0 saturated heterocycles. The van der Waals surface area contributed by atoms with Gasteiger partial charge in [-0.2, -0.15) is 0 Å². The largest absolute Gasteiger partial charge is 0.449 e. The maximum Gasteiger partial charge on any atom is 0.417 e. The van der Waals surface area contributed by atoms with Crippen molar-refractivity contribution in [2.75, 3.05) is 6.61 Å². The van der Waals surface area contributed by atoms with Crippen molar-refractivity contribution in [3.8, 4) is 5.69 Å². The molecule has 0 atom stereocenters. The molecule has 0 bridgehead atoms.